The SMILES string of the molecule is CO[C@H]1COCC[C@H]1N[C@H]1CC[C@@](C(=O)N2CCc3ncc(C(F)(F)F)cc3C2)(C(C)C)C1. The van der Waals surface area contributed by atoms with Gasteiger partial charge in [0.15, 0.2) is 0 Å². The summed E-state index contributed by atoms with van der Waals surface area (Å²) in [5.41, 5.74) is -0.121. The Bertz CT molecular complexity index is 863. The van der Waals surface area contributed by atoms with Crippen molar-refractivity contribution in [3.05, 3.63) is 29.1 Å². The molecule has 1 aliphatic carbocycles. The van der Waals surface area contributed by atoms with Gasteiger partial charge in [-0.2, -0.15) is 13.2 Å². The van der Waals surface area contributed by atoms with Crippen molar-refractivity contribution in [2.24, 2.45) is 11.3 Å². The summed E-state index contributed by atoms with van der Waals surface area (Å²) in [6.45, 7) is 6.09. The molecule has 0 unspecified atom stereocenters. The highest BCUT2D eigenvalue weighted by Crippen LogP contribution is 2.47. The average molecular weight is 470 g/mol. The van der Waals surface area contributed by atoms with Crippen LogP contribution in [-0.4, -0.2) is 60.8 Å². The van der Waals surface area contributed by atoms with Crippen molar-refractivity contribution < 1.29 is 27.4 Å². The highest BCUT2D eigenvalue weighted by atomic mass is 19.4. The summed E-state index contributed by atoms with van der Waals surface area (Å²) in [6.07, 6.45) is 0.180. The Balaban J connectivity index is 1.48. The van der Waals surface area contributed by atoms with Crippen molar-refractivity contribution in [2.75, 3.05) is 26.9 Å². The monoisotopic (exact) mass is 469 g/mol. The molecule has 2 aliphatic heterocycles. The Morgan fingerprint density at radius 2 is 2.15 bits per heavy atom. The lowest BCUT2D eigenvalue weighted by Crippen LogP contribution is -2.52. The number of amides is 1. The van der Waals surface area contributed by atoms with Gasteiger partial charge in [-0.1, -0.05) is 13.8 Å². The van der Waals surface area contributed by atoms with E-state index in [1.165, 1.54) is 0 Å². The number of aromatic nitrogens is 1. The van der Waals surface area contributed by atoms with E-state index in [-0.39, 0.29) is 36.6 Å². The largest absolute Gasteiger partial charge is 0.417 e. The number of halogens is 3. The van der Waals surface area contributed by atoms with Gasteiger partial charge >= 0.3 is 6.18 Å². The van der Waals surface area contributed by atoms with Crippen molar-refractivity contribution in [3.8, 4) is 0 Å². The second-order valence-corrected chi connectivity index (χ2v) is 9.97. The van der Waals surface area contributed by atoms with Crippen LogP contribution in [-0.2, 0) is 33.4 Å². The van der Waals surface area contributed by atoms with E-state index < -0.39 is 17.2 Å². The van der Waals surface area contributed by atoms with Crippen LogP contribution in [0.15, 0.2) is 12.3 Å². The molecule has 0 spiro atoms. The number of pyridine rings is 1. The van der Waals surface area contributed by atoms with E-state index in [0.29, 0.717) is 37.4 Å². The van der Waals surface area contributed by atoms with E-state index in [0.717, 1.165) is 37.9 Å². The lowest BCUT2D eigenvalue weighted by atomic mass is 9.74. The zero-order chi connectivity index (χ0) is 23.8. The van der Waals surface area contributed by atoms with E-state index in [1.807, 2.05) is 0 Å². The molecule has 1 aromatic heterocycles. The summed E-state index contributed by atoms with van der Waals surface area (Å²) >= 11 is 0. The molecule has 1 N–H and O–H groups in total. The van der Waals surface area contributed by atoms with Gasteiger partial charge in [0.05, 0.1) is 23.7 Å². The first-order valence-electron chi connectivity index (χ1n) is 11.8. The molecule has 3 heterocycles. The highest BCUT2D eigenvalue weighted by Gasteiger charge is 2.50. The Morgan fingerprint density at radius 1 is 1.36 bits per heavy atom. The number of alkyl halides is 3. The predicted molar refractivity (Wildman–Crippen MR) is 116 cm³/mol. The maximum Gasteiger partial charge on any atom is 0.417 e. The standard InChI is InChI=1S/C24H34F3N3O3/c1-15(2)23(7-4-18(11-23)29-20-6-9-33-14-21(20)32-3)22(31)30-8-5-19-16(13-30)10-17(12-28-19)24(25,26)27/h10,12,15,18,20-21,29H,4-9,11,13-14H2,1-3H3/t18-,20+,21-,23-/m0/s1. The molecule has 33 heavy (non-hydrogen) atoms. The van der Waals surface area contributed by atoms with Crippen LogP contribution in [0.5, 0.6) is 0 Å². The Hall–Kier alpha value is -1.71. The molecule has 0 aromatic carbocycles. The Kier molecular flexibility index (Phi) is 7.03. The molecule has 9 heteroatoms. The van der Waals surface area contributed by atoms with E-state index in [4.69, 9.17) is 9.47 Å². The van der Waals surface area contributed by atoms with Crippen molar-refractivity contribution in [3.63, 3.8) is 0 Å². The van der Waals surface area contributed by atoms with Gasteiger partial charge in [0, 0.05) is 57.2 Å². The fraction of sp³-hybridized carbons (Fsp3) is 0.750. The maximum absolute atomic E-state index is 13.8. The molecule has 1 saturated heterocycles. The zero-order valence-electron chi connectivity index (χ0n) is 19.6. The number of carbonyl (C=O) groups excluding carboxylic acids is 1. The van der Waals surface area contributed by atoms with Crippen LogP contribution in [0.2, 0.25) is 0 Å². The summed E-state index contributed by atoms with van der Waals surface area (Å²) in [4.78, 5) is 19.6. The minimum atomic E-state index is -4.44. The van der Waals surface area contributed by atoms with Crippen molar-refractivity contribution >= 4 is 5.91 Å². The Labute approximate surface area is 193 Å². The molecule has 1 amide bonds. The lowest BCUT2D eigenvalue weighted by Gasteiger charge is -2.40. The second kappa shape index (κ2) is 9.50. The van der Waals surface area contributed by atoms with Gasteiger partial charge in [-0.15, -0.1) is 0 Å². The lowest BCUT2D eigenvalue weighted by molar-refractivity contribution is -0.146. The molecule has 3 aliphatic rings. The van der Waals surface area contributed by atoms with E-state index in [9.17, 15) is 18.0 Å². The summed E-state index contributed by atoms with van der Waals surface area (Å²) in [6, 6.07) is 1.55. The molecule has 4 atom stereocenters. The van der Waals surface area contributed by atoms with Crippen LogP contribution >= 0.6 is 0 Å². The third kappa shape index (κ3) is 4.91. The minimum Gasteiger partial charge on any atom is -0.379 e. The van der Waals surface area contributed by atoms with Crippen LogP contribution < -0.4 is 5.32 Å². The molecular formula is C24H34F3N3O3. The van der Waals surface area contributed by atoms with Gasteiger partial charge in [-0.25, -0.2) is 0 Å². The quantitative estimate of drug-likeness (QED) is 0.714. The molecule has 4 rings (SSSR count). The van der Waals surface area contributed by atoms with E-state index >= 15 is 0 Å². The van der Waals surface area contributed by atoms with Crippen LogP contribution in [0.3, 0.4) is 0 Å². The smallest absolute Gasteiger partial charge is 0.379 e. The summed E-state index contributed by atoms with van der Waals surface area (Å²) in [5.74, 6) is 0.186. The fourth-order valence-corrected chi connectivity index (χ4v) is 5.69. The number of methoxy groups -OCH3 is 1. The van der Waals surface area contributed by atoms with Gasteiger partial charge in [-0.05, 0) is 43.2 Å². The summed E-state index contributed by atoms with van der Waals surface area (Å²) < 4.78 is 50.6. The molecule has 0 radical (unpaired) electrons. The molecule has 1 aromatic rings. The number of rotatable bonds is 5. The molecule has 184 valence electrons. The molecule has 1 saturated carbocycles. The molecule has 6 nitrogen and oxygen atoms in total. The first kappa shape index (κ1) is 24.4. The van der Waals surface area contributed by atoms with Crippen molar-refractivity contribution in [2.45, 2.75) is 76.9 Å². The number of carbonyl (C=O) groups is 1. The molecule has 0 bridgehead atoms. The van der Waals surface area contributed by atoms with Gasteiger partial charge in [0.1, 0.15) is 0 Å². The average Bonchev–Trinajstić information content (AvgIpc) is 3.23. The van der Waals surface area contributed by atoms with Crippen molar-refractivity contribution in [1.82, 2.24) is 15.2 Å². The van der Waals surface area contributed by atoms with E-state index in [2.05, 4.69) is 24.1 Å². The topological polar surface area (TPSA) is 63.7 Å². The van der Waals surface area contributed by atoms with Gasteiger partial charge in [0.25, 0.3) is 0 Å². The van der Waals surface area contributed by atoms with Gasteiger partial charge in [0.2, 0.25) is 5.91 Å². The third-order valence-electron chi connectivity index (χ3n) is 7.79. The highest BCUT2D eigenvalue weighted by molar-refractivity contribution is 5.83. The zero-order valence-corrected chi connectivity index (χ0v) is 19.6. The number of nitrogens with one attached hydrogen (secondary N) is 1. The normalized spacial score (nSPS) is 30.5. The molecule has 2 fully saturated rings. The number of hydrogen-bond acceptors (Lipinski definition) is 5. The first-order chi connectivity index (χ1) is 15.6. The number of fused-ring (bicyclic) bond motifs is 1. The molecular weight excluding hydrogens is 435 g/mol. The minimum absolute atomic E-state index is 0.00238. The van der Waals surface area contributed by atoms with Gasteiger partial charge < -0.3 is 19.7 Å². The second-order valence-electron chi connectivity index (χ2n) is 9.97. The van der Waals surface area contributed by atoms with Gasteiger partial charge in [-0.3, -0.25) is 9.78 Å². The van der Waals surface area contributed by atoms with Crippen LogP contribution in [0, 0.1) is 11.3 Å². The van der Waals surface area contributed by atoms with Crippen molar-refractivity contribution in [1.29, 1.82) is 0 Å². The van der Waals surface area contributed by atoms with E-state index in [1.54, 1.807) is 12.0 Å². The Morgan fingerprint density at radius 3 is 2.85 bits per heavy atom. The first-order valence-corrected chi connectivity index (χ1v) is 11.8. The third-order valence-corrected chi connectivity index (χ3v) is 7.79. The number of nitrogens with zero attached hydrogens (tertiary/aromatic N) is 2. The van der Waals surface area contributed by atoms with Crippen LogP contribution in [0.25, 0.3) is 0 Å². The maximum atomic E-state index is 13.8. The summed E-state index contributed by atoms with van der Waals surface area (Å²) in [7, 11) is 1.69. The number of ether oxygens (including phenoxy) is 2. The van der Waals surface area contributed by atoms with Crippen LogP contribution in [0.4, 0.5) is 13.2 Å². The predicted octanol–water partition coefficient (Wildman–Crippen LogP) is 3.57. The fourth-order valence-electron chi connectivity index (χ4n) is 5.69. The summed E-state index contributed by atoms with van der Waals surface area (Å²) in [5, 5.41) is 3.72. The van der Waals surface area contributed by atoms with Crippen LogP contribution in [0.1, 0.15) is 56.4 Å². The number of hydrogen-bond donors (Lipinski definition) is 1.